The van der Waals surface area contributed by atoms with E-state index in [0.717, 1.165) is 0 Å². The number of halogens is 16. The molecule has 1 N–H and O–H groups in total. The largest absolute Gasteiger partial charge is 0.478 e. The number of hydrogen-bond acceptors (Lipinski definition) is 1. The van der Waals surface area contributed by atoms with Gasteiger partial charge in [-0.1, -0.05) is 0 Å². The van der Waals surface area contributed by atoms with E-state index in [1.807, 2.05) is 0 Å². The number of carboxylic acids is 1. The van der Waals surface area contributed by atoms with E-state index in [4.69, 9.17) is 5.11 Å². The zero-order valence-electron chi connectivity index (χ0n) is 12.0. The van der Waals surface area contributed by atoms with Crippen LogP contribution in [0.2, 0.25) is 0 Å². The average Bonchev–Trinajstić information content (AvgIpc) is 2.43. The smallest absolute Gasteiger partial charge is 0.460 e. The molecule has 0 aromatic rings. The van der Waals surface area contributed by atoms with Crippen molar-refractivity contribution in [3.05, 3.63) is 11.9 Å². The molecule has 0 heterocycles. The van der Waals surface area contributed by atoms with Gasteiger partial charge in [-0.25, -0.2) is 9.18 Å². The lowest BCUT2D eigenvalue weighted by Gasteiger charge is -2.41. The van der Waals surface area contributed by atoms with Crippen molar-refractivity contribution >= 4 is 5.97 Å². The number of carboxylic acid groups (broad SMARTS) is 1. The van der Waals surface area contributed by atoms with Gasteiger partial charge in [0.1, 0.15) is 0 Å². The van der Waals surface area contributed by atoms with E-state index in [2.05, 4.69) is 0 Å². The Morgan fingerprint density at radius 2 is 0.857 bits per heavy atom. The molecule has 166 valence electrons. The maximum atomic E-state index is 13.1. The summed E-state index contributed by atoms with van der Waals surface area (Å²) in [6.07, 6.45) is -9.35. The van der Waals surface area contributed by atoms with Crippen molar-refractivity contribution in [2.24, 2.45) is 0 Å². The lowest BCUT2D eigenvalue weighted by molar-refractivity contribution is -0.450. The lowest BCUT2D eigenvalue weighted by atomic mass is 9.91. The van der Waals surface area contributed by atoms with Crippen molar-refractivity contribution in [3.8, 4) is 0 Å². The molecule has 0 fully saturated rings. The number of rotatable bonds is 7. The first-order valence-electron chi connectivity index (χ1n) is 5.78. The quantitative estimate of drug-likeness (QED) is 0.318. The normalized spacial score (nSPS) is 16.4. The van der Waals surface area contributed by atoms with Crippen molar-refractivity contribution in [2.75, 3.05) is 0 Å². The van der Waals surface area contributed by atoms with Gasteiger partial charge in [0.2, 0.25) is 0 Å². The highest BCUT2D eigenvalue weighted by Gasteiger charge is 2.93. The summed E-state index contributed by atoms with van der Waals surface area (Å²) in [4.78, 5) is 9.86. The van der Waals surface area contributed by atoms with E-state index in [1.54, 1.807) is 0 Å². The number of allylic oxidation sites excluding steroid dienone is 1. The van der Waals surface area contributed by atoms with Gasteiger partial charge in [0.05, 0.1) is 6.08 Å². The molecule has 0 spiro atoms. The summed E-state index contributed by atoms with van der Waals surface area (Å²) in [6.45, 7) is 0. The predicted octanol–water partition coefficient (Wildman–Crippen LogP) is 5.30. The van der Waals surface area contributed by atoms with Crippen LogP contribution in [-0.2, 0) is 4.79 Å². The van der Waals surface area contributed by atoms with Crippen LogP contribution in [0.15, 0.2) is 11.9 Å². The van der Waals surface area contributed by atoms with Crippen LogP contribution >= 0.6 is 0 Å². The highest BCUT2D eigenvalue weighted by atomic mass is 19.4. The van der Waals surface area contributed by atoms with Crippen LogP contribution < -0.4 is 0 Å². The molecule has 0 aromatic heterocycles. The van der Waals surface area contributed by atoms with Crippen molar-refractivity contribution in [2.45, 2.75) is 41.7 Å². The molecule has 0 aliphatic carbocycles. The molecule has 0 aliphatic heterocycles. The maximum Gasteiger partial charge on any atom is 0.460 e. The summed E-state index contributed by atoms with van der Waals surface area (Å²) in [6, 6.07) is 0. The van der Waals surface area contributed by atoms with Crippen LogP contribution in [-0.4, -0.2) is 52.8 Å². The van der Waals surface area contributed by atoms with Crippen LogP contribution in [0.4, 0.5) is 70.2 Å². The van der Waals surface area contributed by atoms with Crippen molar-refractivity contribution in [1.82, 2.24) is 0 Å². The van der Waals surface area contributed by atoms with Gasteiger partial charge in [-0.2, -0.15) is 65.9 Å². The Balaban J connectivity index is 6.67. The zero-order chi connectivity index (χ0) is 23.4. The van der Waals surface area contributed by atoms with E-state index in [9.17, 15) is 75.0 Å². The Labute approximate surface area is 141 Å². The number of carbonyl (C=O) groups is 1. The first-order chi connectivity index (χ1) is 11.8. The van der Waals surface area contributed by atoms with Gasteiger partial charge >= 0.3 is 47.7 Å². The molecule has 18 heteroatoms. The summed E-state index contributed by atoms with van der Waals surface area (Å²) >= 11 is 0. The molecule has 0 aromatic carbocycles. The fourth-order valence-corrected chi connectivity index (χ4v) is 1.32. The summed E-state index contributed by atoms with van der Waals surface area (Å²) < 4.78 is 203. The molecule has 0 amide bonds. The molecule has 0 radical (unpaired) electrons. The van der Waals surface area contributed by atoms with Gasteiger partial charge in [-0.3, -0.25) is 0 Å². The number of aliphatic carboxylic acids is 1. The minimum atomic E-state index is -8.56. The Morgan fingerprint density at radius 1 is 0.571 bits per heavy atom. The molecular weight excluding hydrogens is 458 g/mol. The van der Waals surface area contributed by atoms with Crippen molar-refractivity contribution in [1.29, 1.82) is 0 Å². The molecule has 28 heavy (non-hydrogen) atoms. The Morgan fingerprint density at radius 3 is 1.14 bits per heavy atom. The second-order valence-electron chi connectivity index (χ2n) is 4.77. The van der Waals surface area contributed by atoms with E-state index >= 15 is 0 Å². The van der Waals surface area contributed by atoms with Crippen LogP contribution in [0.25, 0.3) is 0 Å². The maximum absolute atomic E-state index is 13.1. The SMILES string of the molecule is O=[13C](O)[13CH]=C(F)C(F)(F)C(F)(F)C(F)(F)C(F)(F)C(F)(F)C(F)(F)C(F)(F)F. The fourth-order valence-electron chi connectivity index (χ4n) is 1.32. The molecule has 0 saturated carbocycles. The minimum Gasteiger partial charge on any atom is -0.478 e. The highest BCUT2D eigenvalue weighted by Crippen LogP contribution is 2.63. The predicted molar refractivity (Wildman–Crippen MR) is 52.6 cm³/mol. The second kappa shape index (κ2) is 6.57. The molecule has 0 bridgehead atoms. The molecule has 0 rings (SSSR count). The van der Waals surface area contributed by atoms with Gasteiger partial charge in [0, 0.05) is 0 Å². The minimum absolute atomic E-state index is 1.61. The van der Waals surface area contributed by atoms with Gasteiger partial charge in [0.15, 0.2) is 5.83 Å². The van der Waals surface area contributed by atoms with Crippen LogP contribution in [0.5, 0.6) is 0 Å². The first-order valence-corrected chi connectivity index (χ1v) is 5.78. The Hall–Kier alpha value is -1.91. The summed E-state index contributed by atoms with van der Waals surface area (Å²) in [5.74, 6) is -56.1. The Bertz CT molecular complexity index is 642. The Kier molecular flexibility index (Phi) is 6.12. The third kappa shape index (κ3) is 3.33. The third-order valence-corrected chi connectivity index (χ3v) is 2.88. The lowest BCUT2D eigenvalue weighted by Crippen LogP contribution is -2.72. The standard InChI is InChI=1S/C10H2F16O2/c11-2(1-3(27)28)4(12,13)5(14,15)6(16,17)7(18,19)8(20,21)9(22,23)10(24,25)26/h1H,(H,27,28)/i1+1,3+1. The second-order valence-corrected chi connectivity index (χ2v) is 4.77. The molecule has 0 unspecified atom stereocenters. The average molecular weight is 460 g/mol. The van der Waals surface area contributed by atoms with E-state index in [1.165, 1.54) is 0 Å². The first kappa shape index (κ1) is 26.1. The molecule has 2 nitrogen and oxygen atoms in total. The highest BCUT2D eigenvalue weighted by molar-refractivity contribution is 5.80. The summed E-state index contributed by atoms with van der Waals surface area (Å²) in [5.41, 5.74) is 0. The van der Waals surface area contributed by atoms with Crippen molar-refractivity contribution < 1.29 is 80.1 Å². The van der Waals surface area contributed by atoms with Gasteiger partial charge in [-0.05, 0) is 0 Å². The van der Waals surface area contributed by atoms with Gasteiger partial charge in [-0.15, -0.1) is 0 Å². The van der Waals surface area contributed by atoms with Crippen LogP contribution in [0.3, 0.4) is 0 Å². The van der Waals surface area contributed by atoms with Crippen LogP contribution in [0.1, 0.15) is 0 Å². The molecular formula is C10H2F16O2. The molecule has 0 saturated heterocycles. The molecule has 0 atom stereocenters. The van der Waals surface area contributed by atoms with E-state index in [-0.39, 0.29) is 0 Å². The summed E-state index contributed by atoms with van der Waals surface area (Å²) in [7, 11) is 0. The number of hydrogen-bond donors (Lipinski definition) is 1. The summed E-state index contributed by atoms with van der Waals surface area (Å²) in [5, 5.41) is 7.83. The molecule has 0 aliphatic rings. The van der Waals surface area contributed by atoms with Gasteiger partial charge in [0.25, 0.3) is 0 Å². The van der Waals surface area contributed by atoms with Crippen molar-refractivity contribution in [3.63, 3.8) is 0 Å². The fraction of sp³-hybridized carbons (Fsp3) is 0.700. The topological polar surface area (TPSA) is 37.3 Å². The van der Waals surface area contributed by atoms with Gasteiger partial charge < -0.3 is 5.11 Å². The third-order valence-electron chi connectivity index (χ3n) is 2.88. The zero-order valence-corrected chi connectivity index (χ0v) is 12.0. The van der Waals surface area contributed by atoms with E-state index < -0.39 is 59.6 Å². The monoisotopic (exact) mass is 460 g/mol. The van der Waals surface area contributed by atoms with Crippen LogP contribution in [0, 0.1) is 0 Å². The number of alkyl halides is 15. The van der Waals surface area contributed by atoms with E-state index in [0.29, 0.717) is 0 Å².